The molecule has 1 rings (SSSR count). The summed E-state index contributed by atoms with van der Waals surface area (Å²) < 4.78 is 10.9. The SMILES string of the molecule is CC1OCC(C)C(C(C)CO)O1. The zero-order chi connectivity index (χ0) is 9.14. The zero-order valence-electron chi connectivity index (χ0n) is 7.99. The molecule has 3 nitrogen and oxygen atoms in total. The van der Waals surface area contributed by atoms with Crippen LogP contribution in [0.25, 0.3) is 0 Å². The lowest BCUT2D eigenvalue weighted by Crippen LogP contribution is -2.42. The fraction of sp³-hybridized carbons (Fsp3) is 1.00. The Balaban J connectivity index is 2.48. The van der Waals surface area contributed by atoms with Crippen LogP contribution in [0.5, 0.6) is 0 Å². The first-order valence-corrected chi connectivity index (χ1v) is 4.53. The second-order valence-electron chi connectivity index (χ2n) is 3.64. The lowest BCUT2D eigenvalue weighted by atomic mass is 9.94. The maximum Gasteiger partial charge on any atom is 0.155 e. The highest BCUT2D eigenvalue weighted by atomic mass is 16.7. The number of ether oxygens (including phenoxy) is 2. The highest BCUT2D eigenvalue weighted by Gasteiger charge is 2.30. The first-order valence-electron chi connectivity index (χ1n) is 4.53. The first-order chi connectivity index (χ1) is 5.65. The fourth-order valence-corrected chi connectivity index (χ4v) is 1.58. The molecule has 0 aromatic carbocycles. The predicted molar refractivity (Wildman–Crippen MR) is 45.7 cm³/mol. The molecule has 3 heteroatoms. The van der Waals surface area contributed by atoms with E-state index in [1.54, 1.807) is 0 Å². The molecule has 0 aromatic rings. The Morgan fingerprint density at radius 1 is 1.50 bits per heavy atom. The Bertz CT molecular complexity index is 134. The van der Waals surface area contributed by atoms with Crippen molar-refractivity contribution in [2.24, 2.45) is 11.8 Å². The molecule has 4 atom stereocenters. The minimum absolute atomic E-state index is 0.125. The Kier molecular flexibility index (Phi) is 3.50. The smallest absolute Gasteiger partial charge is 0.155 e. The van der Waals surface area contributed by atoms with Gasteiger partial charge in [0.25, 0.3) is 0 Å². The van der Waals surface area contributed by atoms with Crippen LogP contribution in [0.3, 0.4) is 0 Å². The van der Waals surface area contributed by atoms with Crippen LogP contribution < -0.4 is 0 Å². The summed E-state index contributed by atoms with van der Waals surface area (Å²) in [6.45, 7) is 6.89. The fourth-order valence-electron chi connectivity index (χ4n) is 1.58. The third kappa shape index (κ3) is 2.19. The number of aliphatic hydroxyl groups excluding tert-OH is 1. The first kappa shape index (κ1) is 9.96. The molecule has 0 amide bonds. The lowest BCUT2D eigenvalue weighted by Gasteiger charge is -2.36. The van der Waals surface area contributed by atoms with Gasteiger partial charge in [-0.1, -0.05) is 13.8 Å². The van der Waals surface area contributed by atoms with E-state index in [-0.39, 0.29) is 24.9 Å². The molecule has 72 valence electrons. The van der Waals surface area contributed by atoms with Gasteiger partial charge in [0.2, 0.25) is 0 Å². The van der Waals surface area contributed by atoms with Crippen molar-refractivity contribution in [3.63, 3.8) is 0 Å². The quantitative estimate of drug-likeness (QED) is 0.679. The van der Waals surface area contributed by atoms with Gasteiger partial charge >= 0.3 is 0 Å². The van der Waals surface area contributed by atoms with Crippen molar-refractivity contribution in [1.82, 2.24) is 0 Å². The zero-order valence-corrected chi connectivity index (χ0v) is 7.99. The largest absolute Gasteiger partial charge is 0.396 e. The predicted octanol–water partition coefficient (Wildman–Crippen LogP) is 1.01. The second-order valence-corrected chi connectivity index (χ2v) is 3.64. The molecule has 1 heterocycles. The average Bonchev–Trinajstić information content (AvgIpc) is 2.08. The van der Waals surface area contributed by atoms with E-state index >= 15 is 0 Å². The lowest BCUT2D eigenvalue weighted by molar-refractivity contribution is -0.238. The van der Waals surface area contributed by atoms with E-state index in [1.807, 2.05) is 13.8 Å². The molecule has 0 bridgehead atoms. The van der Waals surface area contributed by atoms with Crippen molar-refractivity contribution in [2.75, 3.05) is 13.2 Å². The van der Waals surface area contributed by atoms with Gasteiger partial charge in [0.1, 0.15) is 0 Å². The summed E-state index contributed by atoms with van der Waals surface area (Å²) in [5.74, 6) is 0.578. The summed E-state index contributed by atoms with van der Waals surface area (Å²) >= 11 is 0. The number of rotatable bonds is 2. The molecule has 1 saturated heterocycles. The molecule has 1 fully saturated rings. The van der Waals surface area contributed by atoms with Crippen LogP contribution in [-0.2, 0) is 9.47 Å². The van der Waals surface area contributed by atoms with Crippen LogP contribution in [0.2, 0.25) is 0 Å². The summed E-state index contributed by atoms with van der Waals surface area (Å²) in [6.07, 6.45) is 0.0129. The summed E-state index contributed by atoms with van der Waals surface area (Å²) in [7, 11) is 0. The topological polar surface area (TPSA) is 38.7 Å². The molecule has 0 aliphatic carbocycles. The van der Waals surface area contributed by atoms with Crippen molar-refractivity contribution in [2.45, 2.75) is 33.2 Å². The van der Waals surface area contributed by atoms with E-state index in [0.717, 1.165) is 6.61 Å². The minimum atomic E-state index is -0.125. The summed E-state index contributed by atoms with van der Waals surface area (Å²) in [5, 5.41) is 8.97. The van der Waals surface area contributed by atoms with Crippen molar-refractivity contribution >= 4 is 0 Å². The highest BCUT2D eigenvalue weighted by Crippen LogP contribution is 2.23. The Morgan fingerprint density at radius 3 is 2.75 bits per heavy atom. The Hall–Kier alpha value is -0.120. The van der Waals surface area contributed by atoms with Crippen molar-refractivity contribution in [3.8, 4) is 0 Å². The summed E-state index contributed by atoms with van der Waals surface area (Å²) in [4.78, 5) is 0. The Labute approximate surface area is 73.7 Å². The second kappa shape index (κ2) is 4.21. The Morgan fingerprint density at radius 2 is 2.17 bits per heavy atom. The van der Waals surface area contributed by atoms with Gasteiger partial charge in [0.05, 0.1) is 12.7 Å². The molecule has 0 radical (unpaired) electrons. The maximum absolute atomic E-state index is 8.97. The van der Waals surface area contributed by atoms with E-state index in [1.165, 1.54) is 0 Å². The molecule has 1 N–H and O–H groups in total. The molecule has 1 aliphatic rings. The summed E-state index contributed by atoms with van der Waals surface area (Å²) in [5.41, 5.74) is 0. The van der Waals surface area contributed by atoms with Crippen molar-refractivity contribution < 1.29 is 14.6 Å². The van der Waals surface area contributed by atoms with Crippen LogP contribution in [0.4, 0.5) is 0 Å². The third-order valence-corrected chi connectivity index (χ3v) is 2.35. The summed E-state index contributed by atoms with van der Waals surface area (Å²) in [6, 6.07) is 0. The van der Waals surface area contributed by atoms with Gasteiger partial charge in [-0.05, 0) is 6.92 Å². The highest BCUT2D eigenvalue weighted by molar-refractivity contribution is 4.74. The maximum atomic E-state index is 8.97. The molecular weight excluding hydrogens is 156 g/mol. The monoisotopic (exact) mass is 174 g/mol. The molecule has 1 aliphatic heterocycles. The average molecular weight is 174 g/mol. The number of aliphatic hydroxyl groups is 1. The van der Waals surface area contributed by atoms with Crippen LogP contribution >= 0.6 is 0 Å². The normalized spacial score (nSPS) is 39.5. The van der Waals surface area contributed by atoms with Gasteiger partial charge < -0.3 is 14.6 Å². The standard InChI is InChI=1S/C9H18O3/c1-6(4-10)9-7(2)5-11-8(3)12-9/h6-10H,4-5H2,1-3H3. The van der Waals surface area contributed by atoms with Crippen LogP contribution in [0.1, 0.15) is 20.8 Å². The van der Waals surface area contributed by atoms with Gasteiger partial charge in [-0.3, -0.25) is 0 Å². The van der Waals surface area contributed by atoms with Gasteiger partial charge in [-0.15, -0.1) is 0 Å². The van der Waals surface area contributed by atoms with E-state index < -0.39 is 0 Å². The molecule has 0 aromatic heterocycles. The van der Waals surface area contributed by atoms with Gasteiger partial charge in [-0.2, -0.15) is 0 Å². The van der Waals surface area contributed by atoms with Gasteiger partial charge in [0, 0.05) is 18.4 Å². The van der Waals surface area contributed by atoms with Crippen LogP contribution in [0.15, 0.2) is 0 Å². The molecule has 12 heavy (non-hydrogen) atoms. The van der Waals surface area contributed by atoms with E-state index in [0.29, 0.717) is 5.92 Å². The van der Waals surface area contributed by atoms with E-state index in [4.69, 9.17) is 14.6 Å². The van der Waals surface area contributed by atoms with Crippen molar-refractivity contribution in [1.29, 1.82) is 0 Å². The van der Waals surface area contributed by atoms with Crippen LogP contribution in [0, 0.1) is 11.8 Å². The van der Waals surface area contributed by atoms with E-state index in [2.05, 4.69) is 6.92 Å². The molecule has 4 unspecified atom stereocenters. The molecule has 0 saturated carbocycles. The molecular formula is C9H18O3. The molecule has 0 spiro atoms. The van der Waals surface area contributed by atoms with Crippen molar-refractivity contribution in [3.05, 3.63) is 0 Å². The number of hydrogen-bond acceptors (Lipinski definition) is 3. The van der Waals surface area contributed by atoms with E-state index in [9.17, 15) is 0 Å². The van der Waals surface area contributed by atoms with Gasteiger partial charge in [0.15, 0.2) is 6.29 Å². The minimum Gasteiger partial charge on any atom is -0.396 e. The van der Waals surface area contributed by atoms with Crippen LogP contribution in [-0.4, -0.2) is 30.7 Å². The van der Waals surface area contributed by atoms with Gasteiger partial charge in [-0.25, -0.2) is 0 Å². The third-order valence-electron chi connectivity index (χ3n) is 2.35. The number of hydrogen-bond donors (Lipinski definition) is 1.